The van der Waals surface area contributed by atoms with Crippen LogP contribution in [-0.4, -0.2) is 54.8 Å². The van der Waals surface area contributed by atoms with Crippen LogP contribution in [0.15, 0.2) is 12.4 Å². The predicted molar refractivity (Wildman–Crippen MR) is 73.5 cm³/mol. The van der Waals surface area contributed by atoms with E-state index in [0.717, 1.165) is 13.2 Å². The molecular formula is C11H25N3O3S. The van der Waals surface area contributed by atoms with E-state index in [1.807, 2.05) is 0 Å². The summed E-state index contributed by atoms with van der Waals surface area (Å²) in [4.78, 5) is 4.68. The fourth-order valence-electron chi connectivity index (χ4n) is 1.38. The third-order valence-corrected chi connectivity index (χ3v) is 3.18. The van der Waals surface area contributed by atoms with E-state index in [9.17, 15) is 8.42 Å². The summed E-state index contributed by atoms with van der Waals surface area (Å²) in [6.07, 6.45) is 6.97. The van der Waals surface area contributed by atoms with E-state index < -0.39 is 10.1 Å². The smallest absolute Gasteiger partial charge is 0.266 e. The molecule has 0 spiro atoms. The van der Waals surface area contributed by atoms with Gasteiger partial charge < -0.3 is 15.5 Å². The summed E-state index contributed by atoms with van der Waals surface area (Å²) in [5, 5.41) is 0. The van der Waals surface area contributed by atoms with Gasteiger partial charge in [-0.25, -0.2) is 0 Å². The molecule has 0 fully saturated rings. The number of nitrogens with zero attached hydrogens (tertiary/aromatic N) is 2. The Morgan fingerprint density at radius 1 is 1.28 bits per heavy atom. The molecule has 0 aromatic carbocycles. The molecule has 0 unspecified atom stereocenters. The predicted octanol–water partition coefficient (Wildman–Crippen LogP) is 0.686. The van der Waals surface area contributed by atoms with Gasteiger partial charge in [-0.1, -0.05) is 13.3 Å². The Hall–Kier alpha value is -0.790. The van der Waals surface area contributed by atoms with Crippen molar-refractivity contribution in [3.8, 4) is 0 Å². The van der Waals surface area contributed by atoms with Crippen molar-refractivity contribution in [1.29, 1.82) is 0 Å². The number of hydrogen-bond acceptors (Lipinski definition) is 5. The lowest BCUT2D eigenvalue weighted by Gasteiger charge is -2.19. The van der Waals surface area contributed by atoms with Gasteiger partial charge >= 0.3 is 0 Å². The standard InChI is InChI=1S/C9H18N2.C2H7NO3S/c1-3-5-6-11-8-7-10(4-2)9-11;3-1-2-7(4,5)6/h7-8H,3-6,9H2,1-2H3;1-3H2,(H,4,5,6). The highest BCUT2D eigenvalue weighted by atomic mass is 32.2. The second-order valence-corrected chi connectivity index (χ2v) is 5.66. The maximum atomic E-state index is 9.71. The van der Waals surface area contributed by atoms with Gasteiger partial charge in [0.2, 0.25) is 0 Å². The summed E-state index contributed by atoms with van der Waals surface area (Å²) < 4.78 is 27.3. The second-order valence-electron chi connectivity index (χ2n) is 4.09. The first-order valence-corrected chi connectivity index (χ1v) is 7.85. The molecule has 0 amide bonds. The summed E-state index contributed by atoms with van der Waals surface area (Å²) >= 11 is 0. The van der Waals surface area contributed by atoms with Crippen LogP contribution in [0.5, 0.6) is 0 Å². The number of unbranched alkanes of at least 4 members (excludes halogenated alkanes) is 1. The molecular weight excluding hydrogens is 254 g/mol. The van der Waals surface area contributed by atoms with Gasteiger partial charge in [-0.05, 0) is 13.3 Å². The minimum atomic E-state index is -3.80. The molecule has 1 heterocycles. The molecule has 0 atom stereocenters. The number of hydrogen-bond donors (Lipinski definition) is 2. The van der Waals surface area contributed by atoms with Crippen LogP contribution in [0.3, 0.4) is 0 Å². The lowest BCUT2D eigenvalue weighted by Crippen LogP contribution is -2.25. The Bertz CT molecular complexity index is 330. The largest absolute Gasteiger partial charge is 0.359 e. The topological polar surface area (TPSA) is 86.9 Å². The quantitative estimate of drug-likeness (QED) is 0.696. The van der Waals surface area contributed by atoms with Crippen LogP contribution >= 0.6 is 0 Å². The maximum Gasteiger partial charge on any atom is 0.266 e. The Kier molecular flexibility index (Phi) is 8.78. The van der Waals surface area contributed by atoms with Gasteiger partial charge in [0.05, 0.1) is 12.4 Å². The molecule has 1 aliphatic heterocycles. The fourth-order valence-corrected chi connectivity index (χ4v) is 1.67. The number of rotatable bonds is 6. The molecule has 0 radical (unpaired) electrons. The van der Waals surface area contributed by atoms with Crippen molar-refractivity contribution in [2.75, 3.05) is 32.1 Å². The molecule has 7 heteroatoms. The zero-order chi connectivity index (χ0) is 14.0. The highest BCUT2D eigenvalue weighted by Gasteiger charge is 2.08. The van der Waals surface area contributed by atoms with E-state index in [-0.39, 0.29) is 12.3 Å². The molecule has 0 aromatic heterocycles. The lowest BCUT2D eigenvalue weighted by molar-refractivity contribution is 0.270. The summed E-state index contributed by atoms with van der Waals surface area (Å²) in [6.45, 7) is 7.82. The van der Waals surface area contributed by atoms with Gasteiger partial charge in [-0.15, -0.1) is 0 Å². The van der Waals surface area contributed by atoms with Crippen molar-refractivity contribution < 1.29 is 13.0 Å². The first-order chi connectivity index (χ1) is 8.42. The molecule has 1 aliphatic rings. The van der Waals surface area contributed by atoms with Crippen LogP contribution in [0, 0.1) is 0 Å². The normalized spacial score (nSPS) is 14.7. The van der Waals surface area contributed by atoms with Crippen molar-refractivity contribution in [2.45, 2.75) is 26.7 Å². The molecule has 0 saturated heterocycles. The van der Waals surface area contributed by atoms with Gasteiger partial charge in [0.1, 0.15) is 0 Å². The number of nitrogens with two attached hydrogens (primary N) is 1. The summed E-state index contributed by atoms with van der Waals surface area (Å²) in [7, 11) is -3.80. The van der Waals surface area contributed by atoms with E-state index >= 15 is 0 Å². The maximum absolute atomic E-state index is 9.71. The molecule has 1 rings (SSSR count). The Labute approximate surface area is 110 Å². The molecule has 0 aromatic rings. The third-order valence-electron chi connectivity index (χ3n) is 2.43. The Morgan fingerprint density at radius 3 is 2.22 bits per heavy atom. The highest BCUT2D eigenvalue weighted by Crippen LogP contribution is 2.06. The van der Waals surface area contributed by atoms with Gasteiger partial charge in [-0.2, -0.15) is 8.42 Å². The van der Waals surface area contributed by atoms with Crippen LogP contribution in [0.1, 0.15) is 26.7 Å². The molecule has 0 saturated carbocycles. The van der Waals surface area contributed by atoms with Crippen LogP contribution < -0.4 is 5.73 Å². The molecule has 0 bridgehead atoms. The average molecular weight is 279 g/mol. The van der Waals surface area contributed by atoms with E-state index in [4.69, 9.17) is 10.3 Å². The van der Waals surface area contributed by atoms with Crippen LogP contribution in [0.4, 0.5) is 0 Å². The molecule has 3 N–H and O–H groups in total. The van der Waals surface area contributed by atoms with E-state index in [1.54, 1.807) is 0 Å². The van der Waals surface area contributed by atoms with E-state index in [0.29, 0.717) is 0 Å². The SMILES string of the molecule is CCCCN1C=CN(CC)C1.NCCS(=O)(=O)O. The van der Waals surface area contributed by atoms with E-state index in [2.05, 4.69) is 36.0 Å². The van der Waals surface area contributed by atoms with Crippen LogP contribution in [0.25, 0.3) is 0 Å². The Balaban J connectivity index is 0.000000360. The second kappa shape index (κ2) is 9.18. The van der Waals surface area contributed by atoms with Crippen molar-refractivity contribution in [1.82, 2.24) is 9.80 Å². The summed E-state index contributed by atoms with van der Waals surface area (Å²) in [6, 6.07) is 0. The zero-order valence-corrected chi connectivity index (χ0v) is 12.1. The minimum absolute atomic E-state index is 0.0289. The van der Waals surface area contributed by atoms with Crippen LogP contribution in [-0.2, 0) is 10.1 Å². The van der Waals surface area contributed by atoms with Gasteiger partial charge in [0.15, 0.2) is 0 Å². The van der Waals surface area contributed by atoms with Gasteiger partial charge in [0, 0.05) is 32.0 Å². The minimum Gasteiger partial charge on any atom is -0.359 e. The molecule has 0 aliphatic carbocycles. The zero-order valence-electron chi connectivity index (χ0n) is 11.2. The molecule has 6 nitrogen and oxygen atoms in total. The molecule has 18 heavy (non-hydrogen) atoms. The lowest BCUT2D eigenvalue weighted by atomic mass is 10.3. The van der Waals surface area contributed by atoms with Gasteiger partial charge in [0.25, 0.3) is 10.1 Å². The third kappa shape index (κ3) is 9.26. The van der Waals surface area contributed by atoms with Gasteiger partial charge in [-0.3, -0.25) is 4.55 Å². The van der Waals surface area contributed by atoms with Crippen LogP contribution in [0.2, 0.25) is 0 Å². The molecule has 108 valence electrons. The van der Waals surface area contributed by atoms with E-state index in [1.165, 1.54) is 19.4 Å². The first kappa shape index (κ1) is 17.2. The van der Waals surface area contributed by atoms with Crippen molar-refractivity contribution in [3.05, 3.63) is 12.4 Å². The average Bonchev–Trinajstić information content (AvgIpc) is 2.73. The van der Waals surface area contributed by atoms with Crippen molar-refractivity contribution in [2.24, 2.45) is 5.73 Å². The summed E-state index contributed by atoms with van der Waals surface area (Å²) in [5.41, 5.74) is 4.78. The fraction of sp³-hybridized carbons (Fsp3) is 0.818. The summed E-state index contributed by atoms with van der Waals surface area (Å²) in [5.74, 6) is -0.354. The van der Waals surface area contributed by atoms with Crippen molar-refractivity contribution >= 4 is 10.1 Å². The first-order valence-electron chi connectivity index (χ1n) is 6.24. The Morgan fingerprint density at radius 2 is 1.89 bits per heavy atom. The van der Waals surface area contributed by atoms with Crippen molar-refractivity contribution in [3.63, 3.8) is 0 Å². The highest BCUT2D eigenvalue weighted by molar-refractivity contribution is 7.85. The monoisotopic (exact) mass is 279 g/mol.